The Morgan fingerprint density at radius 3 is 2.47 bits per heavy atom. The monoisotopic (exact) mass is 262 g/mol. The van der Waals surface area contributed by atoms with Gasteiger partial charge >= 0.3 is 0 Å². The average molecular weight is 262 g/mol. The van der Waals surface area contributed by atoms with E-state index >= 15 is 0 Å². The molecule has 0 aromatic heterocycles. The summed E-state index contributed by atoms with van der Waals surface area (Å²) in [5.74, 6) is 0.937. The van der Waals surface area contributed by atoms with Gasteiger partial charge in [0.05, 0.1) is 0 Å². The van der Waals surface area contributed by atoms with Gasteiger partial charge in [-0.3, -0.25) is 4.79 Å². The molecule has 0 saturated heterocycles. The summed E-state index contributed by atoms with van der Waals surface area (Å²) in [6.45, 7) is 10.6. The van der Waals surface area contributed by atoms with Gasteiger partial charge in [0.25, 0.3) is 0 Å². The number of hydrogen-bond acceptors (Lipinski definition) is 1. The maximum Gasteiger partial charge on any atom is 0.155 e. The van der Waals surface area contributed by atoms with Crippen molar-refractivity contribution in [1.29, 1.82) is 0 Å². The van der Waals surface area contributed by atoms with Gasteiger partial charge in [-0.1, -0.05) is 37.6 Å². The number of ketones is 1. The maximum atomic E-state index is 11.4. The fourth-order valence-corrected chi connectivity index (χ4v) is 1.88. The van der Waals surface area contributed by atoms with Crippen LogP contribution in [0.1, 0.15) is 66.7 Å². The summed E-state index contributed by atoms with van der Waals surface area (Å²) in [5, 5.41) is 0. The molecule has 0 aromatic rings. The van der Waals surface area contributed by atoms with E-state index in [0.717, 1.165) is 18.4 Å². The highest BCUT2D eigenvalue weighted by atomic mass is 16.1. The summed E-state index contributed by atoms with van der Waals surface area (Å²) in [4.78, 5) is 11.4. The van der Waals surface area contributed by atoms with E-state index in [9.17, 15) is 4.79 Å². The molecular weight excluding hydrogens is 232 g/mol. The average Bonchev–Trinajstić information content (AvgIpc) is 2.28. The molecule has 108 valence electrons. The second kappa shape index (κ2) is 10.8. The van der Waals surface area contributed by atoms with Crippen molar-refractivity contribution in [1.82, 2.24) is 0 Å². The topological polar surface area (TPSA) is 17.1 Å². The van der Waals surface area contributed by atoms with Gasteiger partial charge in [0.15, 0.2) is 5.78 Å². The number of allylic oxidation sites excluding steroid dienone is 6. The highest BCUT2D eigenvalue weighted by Crippen LogP contribution is 2.13. The van der Waals surface area contributed by atoms with Crippen molar-refractivity contribution in [2.24, 2.45) is 5.92 Å². The van der Waals surface area contributed by atoms with Crippen LogP contribution < -0.4 is 0 Å². The molecule has 1 nitrogen and oxygen atoms in total. The minimum absolute atomic E-state index is 0.237. The van der Waals surface area contributed by atoms with E-state index in [1.54, 1.807) is 6.08 Å². The van der Waals surface area contributed by atoms with Gasteiger partial charge in [-0.05, 0) is 64.0 Å². The molecule has 1 heteroatoms. The predicted molar refractivity (Wildman–Crippen MR) is 85.3 cm³/mol. The quantitative estimate of drug-likeness (QED) is 0.299. The molecular formula is C18H30O. The van der Waals surface area contributed by atoms with Crippen LogP contribution in [-0.2, 0) is 4.79 Å². The summed E-state index contributed by atoms with van der Waals surface area (Å²) >= 11 is 0. The van der Waals surface area contributed by atoms with Gasteiger partial charge in [-0.25, -0.2) is 0 Å². The van der Waals surface area contributed by atoms with Crippen LogP contribution in [0.25, 0.3) is 0 Å². The molecule has 0 radical (unpaired) electrons. The van der Waals surface area contributed by atoms with Crippen molar-refractivity contribution in [3.63, 3.8) is 0 Å². The second-order valence-electron chi connectivity index (χ2n) is 5.71. The van der Waals surface area contributed by atoms with E-state index in [0.29, 0.717) is 12.3 Å². The smallest absolute Gasteiger partial charge is 0.155 e. The first-order valence-electron chi connectivity index (χ1n) is 7.46. The van der Waals surface area contributed by atoms with Crippen molar-refractivity contribution < 1.29 is 4.79 Å². The van der Waals surface area contributed by atoms with Crippen molar-refractivity contribution in [2.45, 2.75) is 66.7 Å². The van der Waals surface area contributed by atoms with Crippen LogP contribution in [0.4, 0.5) is 0 Å². The normalized spacial score (nSPS) is 13.6. The van der Waals surface area contributed by atoms with Crippen LogP contribution in [0.15, 0.2) is 35.5 Å². The molecule has 19 heavy (non-hydrogen) atoms. The summed E-state index contributed by atoms with van der Waals surface area (Å²) in [5.41, 5.74) is 2.46. The zero-order chi connectivity index (χ0) is 14.7. The molecule has 1 unspecified atom stereocenters. The molecule has 0 N–H and O–H groups in total. The van der Waals surface area contributed by atoms with Gasteiger partial charge in [-0.15, -0.1) is 0 Å². The van der Waals surface area contributed by atoms with Gasteiger partial charge in [-0.2, -0.15) is 0 Å². The Bertz CT molecular complexity index is 341. The Labute approximate surface area is 119 Å². The van der Waals surface area contributed by atoms with Crippen LogP contribution in [0.5, 0.6) is 0 Å². The molecule has 0 saturated carbocycles. The highest BCUT2D eigenvalue weighted by Gasteiger charge is 1.98. The van der Waals surface area contributed by atoms with E-state index in [1.165, 1.54) is 18.4 Å². The zero-order valence-corrected chi connectivity index (χ0v) is 13.3. The lowest BCUT2D eigenvalue weighted by atomic mass is 10.00. The molecule has 1 atom stereocenters. The first-order chi connectivity index (χ1) is 8.95. The minimum atomic E-state index is 0.237. The fourth-order valence-electron chi connectivity index (χ4n) is 1.88. The van der Waals surface area contributed by atoms with Gasteiger partial charge in [0.2, 0.25) is 0 Å². The van der Waals surface area contributed by atoms with E-state index in [2.05, 4.69) is 39.0 Å². The van der Waals surface area contributed by atoms with Crippen molar-refractivity contribution >= 4 is 5.78 Å². The molecule has 0 spiro atoms. The highest BCUT2D eigenvalue weighted by molar-refractivity contribution is 5.90. The van der Waals surface area contributed by atoms with Crippen LogP contribution in [0.3, 0.4) is 0 Å². The van der Waals surface area contributed by atoms with E-state index < -0.39 is 0 Å². The molecule has 0 aliphatic rings. The molecule has 0 aromatic carbocycles. The molecule has 0 amide bonds. The number of rotatable bonds is 9. The minimum Gasteiger partial charge on any atom is -0.295 e. The maximum absolute atomic E-state index is 11.4. The molecule has 0 bridgehead atoms. The Morgan fingerprint density at radius 2 is 1.89 bits per heavy atom. The Kier molecular flexibility index (Phi) is 10.1. The second-order valence-corrected chi connectivity index (χ2v) is 5.71. The number of carbonyl (C=O) groups is 1. The largest absolute Gasteiger partial charge is 0.295 e. The lowest BCUT2D eigenvalue weighted by Gasteiger charge is -2.06. The van der Waals surface area contributed by atoms with Crippen LogP contribution in [0.2, 0.25) is 0 Å². The molecule has 0 rings (SSSR count). The first-order valence-corrected chi connectivity index (χ1v) is 7.46. The van der Waals surface area contributed by atoms with Crippen LogP contribution in [0, 0.1) is 5.92 Å². The lowest BCUT2D eigenvalue weighted by molar-refractivity contribution is -0.114. The van der Waals surface area contributed by atoms with Crippen LogP contribution >= 0.6 is 0 Å². The SMILES string of the molecule is CCCC(=O)/C=C(C)/C=C/CC(C)CCC=C(C)C. The fraction of sp³-hybridized carbons (Fsp3) is 0.611. The Morgan fingerprint density at radius 1 is 1.21 bits per heavy atom. The molecule has 0 heterocycles. The number of hydrogen-bond donors (Lipinski definition) is 0. The van der Waals surface area contributed by atoms with Gasteiger partial charge < -0.3 is 0 Å². The van der Waals surface area contributed by atoms with Crippen molar-refractivity contribution in [3.8, 4) is 0 Å². The Hall–Kier alpha value is -1.11. The van der Waals surface area contributed by atoms with Crippen LogP contribution in [-0.4, -0.2) is 5.78 Å². The van der Waals surface area contributed by atoms with E-state index in [1.807, 2.05) is 13.8 Å². The standard InChI is InChI=1S/C18H30O/c1-6-9-18(19)14-17(5)13-8-12-16(4)11-7-10-15(2)3/h8,10,13-14,16H,6-7,9,11-12H2,1-5H3/b13-8+,17-14+. The summed E-state index contributed by atoms with van der Waals surface area (Å²) < 4.78 is 0. The zero-order valence-electron chi connectivity index (χ0n) is 13.3. The van der Waals surface area contributed by atoms with Crippen molar-refractivity contribution in [2.75, 3.05) is 0 Å². The summed E-state index contributed by atoms with van der Waals surface area (Å²) in [7, 11) is 0. The van der Waals surface area contributed by atoms with E-state index in [4.69, 9.17) is 0 Å². The third kappa shape index (κ3) is 11.7. The molecule has 0 fully saturated rings. The summed E-state index contributed by atoms with van der Waals surface area (Å²) in [6, 6.07) is 0. The Balaban J connectivity index is 4.00. The number of carbonyl (C=O) groups excluding carboxylic acids is 1. The van der Waals surface area contributed by atoms with Gasteiger partial charge in [0, 0.05) is 6.42 Å². The van der Waals surface area contributed by atoms with Gasteiger partial charge in [0.1, 0.15) is 0 Å². The predicted octanol–water partition coefficient (Wildman–Crippen LogP) is 5.63. The van der Waals surface area contributed by atoms with E-state index in [-0.39, 0.29) is 5.78 Å². The summed E-state index contributed by atoms with van der Waals surface area (Å²) in [6.07, 6.45) is 13.4. The third-order valence-electron chi connectivity index (χ3n) is 3.02. The third-order valence-corrected chi connectivity index (χ3v) is 3.02. The first kappa shape index (κ1) is 17.9. The van der Waals surface area contributed by atoms with Crippen molar-refractivity contribution in [3.05, 3.63) is 35.5 Å². The molecule has 0 aliphatic heterocycles. The molecule has 0 aliphatic carbocycles. The lowest BCUT2D eigenvalue weighted by Crippen LogP contribution is -1.93.